The zero-order valence-electron chi connectivity index (χ0n) is 13.7. The Bertz CT molecular complexity index is 885. The monoisotopic (exact) mass is 374 g/mol. The fourth-order valence-electron chi connectivity index (χ4n) is 3.21. The van der Waals surface area contributed by atoms with E-state index >= 15 is 0 Å². The minimum Gasteiger partial charge on any atom is -0.478 e. The molecule has 6 heteroatoms. The molecular formula is C19H16Cl2N2O2. The second kappa shape index (κ2) is 6.90. The predicted octanol–water partition coefficient (Wildman–Crippen LogP) is 4.87. The molecule has 4 nitrogen and oxygen atoms in total. The molecule has 1 unspecified atom stereocenters. The molecule has 0 fully saturated rings. The normalized spacial score (nSPS) is 17.5. The number of nitrogens with one attached hydrogen (secondary N) is 1. The predicted molar refractivity (Wildman–Crippen MR) is 99.5 cm³/mol. The van der Waals surface area contributed by atoms with Crippen molar-refractivity contribution in [1.29, 1.82) is 0 Å². The Kier molecular flexibility index (Phi) is 4.84. The van der Waals surface area contributed by atoms with E-state index in [1.54, 1.807) is 31.3 Å². The lowest BCUT2D eigenvalue weighted by molar-refractivity contribution is -0.132. The number of carbonyl (C=O) groups is 1. The van der Waals surface area contributed by atoms with Gasteiger partial charge >= 0.3 is 5.97 Å². The van der Waals surface area contributed by atoms with E-state index in [1.807, 2.05) is 25.1 Å². The van der Waals surface area contributed by atoms with Crippen LogP contribution in [0.2, 0.25) is 10.0 Å². The highest BCUT2D eigenvalue weighted by Crippen LogP contribution is 2.43. The highest BCUT2D eigenvalue weighted by Gasteiger charge is 2.34. The van der Waals surface area contributed by atoms with Crippen molar-refractivity contribution in [2.24, 2.45) is 0 Å². The Labute approximate surface area is 155 Å². The van der Waals surface area contributed by atoms with Crippen molar-refractivity contribution in [3.63, 3.8) is 0 Å². The summed E-state index contributed by atoms with van der Waals surface area (Å²) >= 11 is 12.3. The first-order valence-electron chi connectivity index (χ1n) is 7.67. The zero-order chi connectivity index (χ0) is 18.1. The third-order valence-corrected chi connectivity index (χ3v) is 4.59. The Morgan fingerprint density at radius 2 is 1.80 bits per heavy atom. The Morgan fingerprint density at radius 1 is 1.12 bits per heavy atom. The van der Waals surface area contributed by atoms with Crippen LogP contribution in [0.15, 0.2) is 59.6 Å². The van der Waals surface area contributed by atoms with Crippen LogP contribution in [0, 0.1) is 0 Å². The van der Waals surface area contributed by atoms with E-state index in [2.05, 4.69) is 10.3 Å². The van der Waals surface area contributed by atoms with E-state index in [4.69, 9.17) is 23.2 Å². The molecule has 1 atom stereocenters. The number of carboxylic acids is 1. The van der Waals surface area contributed by atoms with Gasteiger partial charge in [0.2, 0.25) is 0 Å². The molecule has 25 heavy (non-hydrogen) atoms. The van der Waals surface area contributed by atoms with Gasteiger partial charge < -0.3 is 10.4 Å². The number of aliphatic carboxylic acids is 1. The van der Waals surface area contributed by atoms with Crippen LogP contribution < -0.4 is 5.32 Å². The van der Waals surface area contributed by atoms with Crippen LogP contribution in [0.25, 0.3) is 5.57 Å². The summed E-state index contributed by atoms with van der Waals surface area (Å²) in [5, 5.41) is 13.9. The summed E-state index contributed by atoms with van der Waals surface area (Å²) in [5.74, 6) is -1.52. The maximum Gasteiger partial charge on any atom is 0.334 e. The fourth-order valence-corrected chi connectivity index (χ4v) is 3.76. The number of allylic oxidation sites excluding steroid dienone is 3. The van der Waals surface area contributed by atoms with Gasteiger partial charge in [-0.1, -0.05) is 29.3 Å². The Morgan fingerprint density at radius 3 is 2.36 bits per heavy atom. The van der Waals surface area contributed by atoms with Gasteiger partial charge in [0.1, 0.15) is 0 Å². The lowest BCUT2D eigenvalue weighted by atomic mass is 9.79. The first-order valence-corrected chi connectivity index (χ1v) is 8.43. The first-order chi connectivity index (χ1) is 11.9. The number of hydrogen-bond acceptors (Lipinski definition) is 3. The summed E-state index contributed by atoms with van der Waals surface area (Å²) in [6.45, 7) is 3.66. The number of hydrogen-bond donors (Lipinski definition) is 2. The minimum atomic E-state index is -0.993. The number of aromatic nitrogens is 1. The van der Waals surface area contributed by atoms with E-state index in [9.17, 15) is 9.90 Å². The Hall–Kier alpha value is -2.30. The minimum absolute atomic E-state index is 0.254. The smallest absolute Gasteiger partial charge is 0.334 e. The molecule has 1 aliphatic rings. The average molecular weight is 375 g/mol. The molecule has 0 spiro atoms. The van der Waals surface area contributed by atoms with Crippen LogP contribution in [-0.4, -0.2) is 16.1 Å². The van der Waals surface area contributed by atoms with Crippen molar-refractivity contribution in [3.8, 4) is 0 Å². The van der Waals surface area contributed by atoms with Gasteiger partial charge in [0, 0.05) is 39.1 Å². The second-order valence-electron chi connectivity index (χ2n) is 5.86. The number of nitrogens with zero attached hydrogens (tertiary/aromatic N) is 1. The highest BCUT2D eigenvalue weighted by atomic mass is 35.5. The number of carboxylic acid groups (broad SMARTS) is 1. The maximum absolute atomic E-state index is 12.0. The van der Waals surface area contributed by atoms with Crippen molar-refractivity contribution in [2.45, 2.75) is 19.8 Å². The summed E-state index contributed by atoms with van der Waals surface area (Å²) in [4.78, 5) is 16.4. The van der Waals surface area contributed by atoms with E-state index in [-0.39, 0.29) is 5.57 Å². The quantitative estimate of drug-likeness (QED) is 0.804. The van der Waals surface area contributed by atoms with Gasteiger partial charge in [-0.2, -0.15) is 0 Å². The van der Waals surface area contributed by atoms with E-state index in [1.165, 1.54) is 0 Å². The molecule has 128 valence electrons. The van der Waals surface area contributed by atoms with Crippen LogP contribution in [0.1, 0.15) is 31.0 Å². The topological polar surface area (TPSA) is 62.2 Å². The molecule has 0 amide bonds. The van der Waals surface area contributed by atoms with Gasteiger partial charge in [0.25, 0.3) is 0 Å². The van der Waals surface area contributed by atoms with Crippen LogP contribution in [0.3, 0.4) is 0 Å². The zero-order valence-corrected chi connectivity index (χ0v) is 15.2. The average Bonchev–Trinajstić information content (AvgIpc) is 2.53. The van der Waals surface area contributed by atoms with Crippen LogP contribution in [0.4, 0.5) is 0 Å². The second-order valence-corrected chi connectivity index (χ2v) is 6.73. The van der Waals surface area contributed by atoms with Gasteiger partial charge in [-0.25, -0.2) is 4.79 Å². The van der Waals surface area contributed by atoms with Gasteiger partial charge in [-0.15, -0.1) is 0 Å². The van der Waals surface area contributed by atoms with Crippen molar-refractivity contribution < 1.29 is 9.90 Å². The maximum atomic E-state index is 12.0. The van der Waals surface area contributed by atoms with Crippen LogP contribution in [0.5, 0.6) is 0 Å². The van der Waals surface area contributed by atoms with E-state index in [0.29, 0.717) is 21.4 Å². The third-order valence-electron chi connectivity index (χ3n) is 4.15. The molecule has 1 aromatic heterocycles. The molecule has 0 bridgehead atoms. The molecule has 0 saturated carbocycles. The first kappa shape index (κ1) is 17.5. The third kappa shape index (κ3) is 3.41. The van der Waals surface area contributed by atoms with Crippen molar-refractivity contribution in [1.82, 2.24) is 10.3 Å². The highest BCUT2D eigenvalue weighted by molar-refractivity contribution is 6.34. The van der Waals surface area contributed by atoms with E-state index < -0.39 is 11.9 Å². The van der Waals surface area contributed by atoms with E-state index in [0.717, 1.165) is 16.8 Å². The molecule has 2 N–H and O–H groups in total. The van der Waals surface area contributed by atoms with Crippen molar-refractivity contribution in [2.75, 3.05) is 0 Å². The van der Waals surface area contributed by atoms with Crippen molar-refractivity contribution >= 4 is 34.7 Å². The molecule has 1 aliphatic heterocycles. The molecule has 0 aliphatic carbocycles. The van der Waals surface area contributed by atoms with Gasteiger partial charge in [0.15, 0.2) is 0 Å². The van der Waals surface area contributed by atoms with Crippen LogP contribution >= 0.6 is 23.2 Å². The van der Waals surface area contributed by atoms with Gasteiger partial charge in [-0.05, 0) is 49.7 Å². The largest absolute Gasteiger partial charge is 0.478 e. The molecule has 2 aromatic rings. The SMILES string of the molecule is CC1=C(C(=O)O)C(c2cc(Cl)cc(Cl)c2)C(c2ccccn2)=C(C)N1. The van der Waals surface area contributed by atoms with Crippen LogP contribution in [-0.2, 0) is 4.79 Å². The van der Waals surface area contributed by atoms with Gasteiger partial charge in [0.05, 0.1) is 11.3 Å². The molecule has 0 radical (unpaired) electrons. The summed E-state index contributed by atoms with van der Waals surface area (Å²) in [6, 6.07) is 10.7. The standard InChI is InChI=1S/C19H16Cl2N2O2/c1-10-16(15-5-3-4-6-22-15)18(17(19(24)25)11(2)23-10)12-7-13(20)9-14(21)8-12/h3-9,18,23H,1-2H3,(H,24,25). The number of benzene rings is 1. The summed E-state index contributed by atoms with van der Waals surface area (Å²) in [7, 11) is 0. The lowest BCUT2D eigenvalue weighted by Gasteiger charge is -2.30. The summed E-state index contributed by atoms with van der Waals surface area (Å²) in [6.07, 6.45) is 1.68. The number of rotatable bonds is 3. The summed E-state index contributed by atoms with van der Waals surface area (Å²) in [5.41, 5.74) is 3.91. The molecule has 2 heterocycles. The Balaban J connectivity index is 2.28. The fraction of sp³-hybridized carbons (Fsp3) is 0.158. The molecule has 0 saturated heterocycles. The number of halogens is 2. The van der Waals surface area contributed by atoms with Crippen molar-refractivity contribution in [3.05, 3.63) is 80.9 Å². The molecule has 1 aromatic carbocycles. The number of pyridine rings is 1. The number of dihydropyridines is 1. The molecule has 3 rings (SSSR count). The lowest BCUT2D eigenvalue weighted by Crippen LogP contribution is -2.27. The molecular weight excluding hydrogens is 359 g/mol. The van der Waals surface area contributed by atoms with Gasteiger partial charge in [-0.3, -0.25) is 4.98 Å². The summed E-state index contributed by atoms with van der Waals surface area (Å²) < 4.78 is 0.